The first-order valence-electron chi connectivity index (χ1n) is 5.50. The molecule has 0 unspecified atom stereocenters. The van der Waals surface area contributed by atoms with E-state index in [-0.39, 0.29) is 0 Å². The van der Waals surface area contributed by atoms with Gasteiger partial charge >= 0.3 is 0 Å². The lowest BCUT2D eigenvalue weighted by Crippen LogP contribution is -2.12. The molecule has 0 saturated heterocycles. The third-order valence-corrected chi connectivity index (χ3v) is 2.39. The third-order valence-electron chi connectivity index (χ3n) is 2.39. The number of benzene rings is 1. The number of nitrogens with zero attached hydrogens (tertiary/aromatic N) is 2. The van der Waals surface area contributed by atoms with Gasteiger partial charge in [0.25, 0.3) is 0 Å². The number of hydrogen-bond acceptors (Lipinski definition) is 4. The van der Waals surface area contributed by atoms with Crippen molar-refractivity contribution < 1.29 is 8.91 Å². The van der Waals surface area contributed by atoms with Gasteiger partial charge in [-0.1, -0.05) is 5.16 Å². The Morgan fingerprint density at radius 1 is 1.33 bits per heavy atom. The summed E-state index contributed by atoms with van der Waals surface area (Å²) >= 11 is 0. The van der Waals surface area contributed by atoms with E-state index in [0.29, 0.717) is 18.7 Å². The van der Waals surface area contributed by atoms with Crippen LogP contribution >= 0.6 is 0 Å². The fraction of sp³-hybridized carbons (Fsp3) is 0.231. The van der Waals surface area contributed by atoms with Gasteiger partial charge in [0.2, 0.25) is 0 Å². The van der Waals surface area contributed by atoms with E-state index in [1.165, 1.54) is 12.1 Å². The van der Waals surface area contributed by atoms with E-state index in [1.807, 2.05) is 19.1 Å². The maximum absolute atomic E-state index is 13.2. The first-order valence-corrected chi connectivity index (χ1v) is 5.50. The predicted octanol–water partition coefficient (Wildman–Crippen LogP) is 2.28. The van der Waals surface area contributed by atoms with E-state index in [9.17, 15) is 4.39 Å². The Morgan fingerprint density at radius 2 is 2.17 bits per heavy atom. The Labute approximate surface area is 104 Å². The number of hydrogen-bond donors (Lipinski definition) is 1. The lowest BCUT2D eigenvalue weighted by atomic mass is 10.1. The van der Waals surface area contributed by atoms with Crippen molar-refractivity contribution in [1.29, 1.82) is 5.26 Å². The summed E-state index contributed by atoms with van der Waals surface area (Å²) in [6.45, 7) is 2.82. The number of nitrogens with one attached hydrogen (secondary N) is 1. The maximum Gasteiger partial charge on any atom is 0.150 e. The summed E-state index contributed by atoms with van der Waals surface area (Å²) < 4.78 is 18.2. The van der Waals surface area contributed by atoms with Crippen LogP contribution < -0.4 is 5.32 Å². The van der Waals surface area contributed by atoms with Crippen LogP contribution in [0.15, 0.2) is 28.8 Å². The molecule has 4 nitrogen and oxygen atoms in total. The molecule has 1 aromatic heterocycles. The van der Waals surface area contributed by atoms with Crippen molar-refractivity contribution in [2.45, 2.75) is 20.0 Å². The number of aryl methyl sites for hydroxylation is 1. The van der Waals surface area contributed by atoms with Crippen LogP contribution in [0.1, 0.15) is 22.6 Å². The van der Waals surface area contributed by atoms with E-state index in [1.54, 1.807) is 6.07 Å². The number of rotatable bonds is 4. The normalized spacial score (nSPS) is 10.3. The highest BCUT2D eigenvalue weighted by molar-refractivity contribution is 5.33. The molecule has 0 aliphatic rings. The van der Waals surface area contributed by atoms with Gasteiger partial charge in [-0.15, -0.1) is 0 Å². The standard InChI is InChI=1S/C13H12FN3O/c1-9-2-13(18-17-9)8-16-7-11-3-10(6-15)4-12(14)5-11/h2-5,16H,7-8H2,1H3. The number of halogens is 1. The fourth-order valence-electron chi connectivity index (χ4n) is 1.65. The van der Waals surface area contributed by atoms with Crippen LogP contribution in [0.5, 0.6) is 0 Å². The topological polar surface area (TPSA) is 61.9 Å². The predicted molar refractivity (Wildman–Crippen MR) is 62.9 cm³/mol. The second-order valence-corrected chi connectivity index (χ2v) is 4.00. The molecule has 5 heteroatoms. The summed E-state index contributed by atoms with van der Waals surface area (Å²) in [6, 6.07) is 8.02. The summed E-state index contributed by atoms with van der Waals surface area (Å²) in [6.07, 6.45) is 0. The van der Waals surface area contributed by atoms with Crippen molar-refractivity contribution in [3.8, 4) is 6.07 Å². The van der Waals surface area contributed by atoms with Crippen molar-refractivity contribution in [3.63, 3.8) is 0 Å². The van der Waals surface area contributed by atoms with Gasteiger partial charge in [-0.25, -0.2) is 4.39 Å². The minimum Gasteiger partial charge on any atom is -0.360 e. The molecule has 0 radical (unpaired) electrons. The summed E-state index contributed by atoms with van der Waals surface area (Å²) in [7, 11) is 0. The molecule has 2 aromatic rings. The Kier molecular flexibility index (Phi) is 3.70. The lowest BCUT2D eigenvalue weighted by Gasteiger charge is -2.03. The van der Waals surface area contributed by atoms with Crippen molar-refractivity contribution in [3.05, 3.63) is 52.7 Å². The minimum atomic E-state index is -0.402. The van der Waals surface area contributed by atoms with Gasteiger partial charge in [0.05, 0.1) is 23.9 Å². The van der Waals surface area contributed by atoms with E-state index in [4.69, 9.17) is 9.78 Å². The lowest BCUT2D eigenvalue weighted by molar-refractivity contribution is 0.369. The molecule has 0 saturated carbocycles. The summed E-state index contributed by atoms with van der Waals surface area (Å²) in [5, 5.41) is 15.6. The smallest absolute Gasteiger partial charge is 0.150 e. The van der Waals surface area contributed by atoms with Crippen LogP contribution in [0.2, 0.25) is 0 Å². The maximum atomic E-state index is 13.2. The molecule has 0 fully saturated rings. The molecule has 92 valence electrons. The van der Waals surface area contributed by atoms with Crippen molar-refractivity contribution >= 4 is 0 Å². The molecule has 0 spiro atoms. The zero-order chi connectivity index (χ0) is 13.0. The van der Waals surface area contributed by atoms with E-state index in [2.05, 4.69) is 10.5 Å². The molecule has 2 rings (SSSR count). The highest BCUT2D eigenvalue weighted by Gasteiger charge is 2.02. The molecule has 1 heterocycles. The largest absolute Gasteiger partial charge is 0.360 e. The van der Waals surface area contributed by atoms with Crippen molar-refractivity contribution in [2.24, 2.45) is 0 Å². The molecular formula is C13H12FN3O. The van der Waals surface area contributed by atoms with Crippen LogP contribution in [0.3, 0.4) is 0 Å². The minimum absolute atomic E-state index is 0.322. The number of aromatic nitrogens is 1. The van der Waals surface area contributed by atoms with Gasteiger partial charge in [-0.05, 0) is 30.7 Å². The monoisotopic (exact) mass is 245 g/mol. The van der Waals surface area contributed by atoms with E-state index >= 15 is 0 Å². The molecular weight excluding hydrogens is 233 g/mol. The highest BCUT2D eigenvalue weighted by atomic mass is 19.1. The first kappa shape index (κ1) is 12.3. The zero-order valence-corrected chi connectivity index (χ0v) is 9.90. The van der Waals surface area contributed by atoms with Gasteiger partial charge < -0.3 is 9.84 Å². The molecule has 0 aliphatic heterocycles. The molecule has 1 N–H and O–H groups in total. The van der Waals surface area contributed by atoms with Crippen molar-refractivity contribution in [2.75, 3.05) is 0 Å². The van der Waals surface area contributed by atoms with Crippen LogP contribution in [0.4, 0.5) is 4.39 Å². The average molecular weight is 245 g/mol. The second kappa shape index (κ2) is 5.43. The quantitative estimate of drug-likeness (QED) is 0.897. The Balaban J connectivity index is 1.94. The fourth-order valence-corrected chi connectivity index (χ4v) is 1.65. The van der Waals surface area contributed by atoms with E-state index < -0.39 is 5.82 Å². The average Bonchev–Trinajstić information content (AvgIpc) is 2.74. The SMILES string of the molecule is Cc1cc(CNCc2cc(F)cc(C#N)c2)on1. The summed E-state index contributed by atoms with van der Waals surface area (Å²) in [4.78, 5) is 0. The Morgan fingerprint density at radius 3 is 2.83 bits per heavy atom. The van der Waals surface area contributed by atoms with Crippen LogP contribution in [-0.4, -0.2) is 5.16 Å². The van der Waals surface area contributed by atoms with Crippen LogP contribution in [-0.2, 0) is 13.1 Å². The Hall–Kier alpha value is -2.19. The van der Waals surface area contributed by atoms with Gasteiger partial charge in [-0.3, -0.25) is 0 Å². The van der Waals surface area contributed by atoms with Gasteiger partial charge in [0.15, 0.2) is 5.76 Å². The molecule has 1 aromatic carbocycles. The Bertz CT molecular complexity index is 586. The van der Waals surface area contributed by atoms with Crippen LogP contribution in [0.25, 0.3) is 0 Å². The third kappa shape index (κ3) is 3.15. The van der Waals surface area contributed by atoms with Gasteiger partial charge in [0.1, 0.15) is 5.82 Å². The molecule has 0 bridgehead atoms. The van der Waals surface area contributed by atoms with E-state index in [0.717, 1.165) is 17.0 Å². The molecule has 0 amide bonds. The van der Waals surface area contributed by atoms with Crippen molar-refractivity contribution in [1.82, 2.24) is 10.5 Å². The molecule has 0 atom stereocenters. The van der Waals surface area contributed by atoms with Crippen LogP contribution in [0, 0.1) is 24.1 Å². The zero-order valence-electron chi connectivity index (χ0n) is 9.90. The summed E-state index contributed by atoms with van der Waals surface area (Å²) in [5.41, 5.74) is 1.87. The highest BCUT2D eigenvalue weighted by Crippen LogP contribution is 2.09. The second-order valence-electron chi connectivity index (χ2n) is 4.00. The molecule has 0 aliphatic carbocycles. The number of nitriles is 1. The van der Waals surface area contributed by atoms with Gasteiger partial charge in [0, 0.05) is 12.6 Å². The van der Waals surface area contributed by atoms with Gasteiger partial charge in [-0.2, -0.15) is 5.26 Å². The molecule has 18 heavy (non-hydrogen) atoms. The first-order chi connectivity index (χ1) is 8.67. The summed E-state index contributed by atoms with van der Waals surface area (Å²) in [5.74, 6) is 0.325.